The van der Waals surface area contributed by atoms with E-state index in [0.29, 0.717) is 22.7 Å². The largest absolute Gasteiger partial charge is 0.354 e. The van der Waals surface area contributed by atoms with Crippen LogP contribution in [0.15, 0.2) is 36.4 Å². The topological polar surface area (TPSA) is 70.2 Å². The number of hydrogen-bond acceptors (Lipinski definition) is 2. The summed E-state index contributed by atoms with van der Waals surface area (Å²) in [5.74, 6) is -2.54. The van der Waals surface area contributed by atoms with Gasteiger partial charge in [-0.05, 0) is 48.4 Å². The molecule has 0 aliphatic carbocycles. The Hall–Kier alpha value is -2.67. The van der Waals surface area contributed by atoms with Gasteiger partial charge in [0.2, 0.25) is 5.91 Å². The van der Waals surface area contributed by atoms with Gasteiger partial charge in [-0.3, -0.25) is 4.79 Å². The molecule has 1 aliphatic rings. The van der Waals surface area contributed by atoms with Crippen molar-refractivity contribution in [2.24, 2.45) is 0 Å². The standard InChI is InChI=1S/C20H20ClF2N3O2/c1-2-11-7-15(22)19(16(23)8-11)14-9-18(27)24-10-17(14)26-20(28)25-13-5-3-12(21)4-6-13/h3-8,14,17H,2,9-10H2,1H3,(H,24,27)(H2,25,26,28)/t14-,17-/m1/s1. The van der Waals surface area contributed by atoms with Crippen LogP contribution in [0.1, 0.15) is 30.4 Å². The lowest BCUT2D eigenvalue weighted by atomic mass is 9.84. The van der Waals surface area contributed by atoms with Crippen LogP contribution < -0.4 is 16.0 Å². The number of halogens is 3. The Bertz CT molecular complexity index is 867. The summed E-state index contributed by atoms with van der Waals surface area (Å²) in [6, 6.07) is 7.85. The fourth-order valence-corrected chi connectivity index (χ4v) is 3.42. The van der Waals surface area contributed by atoms with Gasteiger partial charge in [-0.25, -0.2) is 13.6 Å². The quantitative estimate of drug-likeness (QED) is 0.717. The number of urea groups is 1. The second-order valence-electron chi connectivity index (χ2n) is 6.65. The third kappa shape index (κ3) is 4.59. The van der Waals surface area contributed by atoms with Crippen LogP contribution in [0, 0.1) is 11.6 Å². The number of nitrogens with one attached hydrogen (secondary N) is 3. The van der Waals surface area contributed by atoms with E-state index in [9.17, 15) is 18.4 Å². The Morgan fingerprint density at radius 3 is 2.46 bits per heavy atom. The van der Waals surface area contributed by atoms with Crippen LogP contribution in [0.4, 0.5) is 19.3 Å². The number of benzene rings is 2. The summed E-state index contributed by atoms with van der Waals surface area (Å²) in [6.07, 6.45) is 0.371. The van der Waals surface area contributed by atoms with Gasteiger partial charge < -0.3 is 16.0 Å². The van der Waals surface area contributed by atoms with E-state index < -0.39 is 29.6 Å². The highest BCUT2D eigenvalue weighted by molar-refractivity contribution is 6.30. The van der Waals surface area contributed by atoms with E-state index in [1.54, 1.807) is 31.2 Å². The van der Waals surface area contributed by atoms with Crippen molar-refractivity contribution in [1.29, 1.82) is 0 Å². The average molecular weight is 408 g/mol. The van der Waals surface area contributed by atoms with Crippen molar-refractivity contribution >= 4 is 29.2 Å². The van der Waals surface area contributed by atoms with Gasteiger partial charge in [0.25, 0.3) is 0 Å². The lowest BCUT2D eigenvalue weighted by Gasteiger charge is -2.33. The van der Waals surface area contributed by atoms with Crippen LogP contribution >= 0.6 is 11.6 Å². The van der Waals surface area contributed by atoms with E-state index in [1.807, 2.05) is 0 Å². The summed E-state index contributed by atoms with van der Waals surface area (Å²) in [5.41, 5.74) is 0.871. The number of hydrogen-bond donors (Lipinski definition) is 3. The Labute approximate surface area is 166 Å². The normalized spacial score (nSPS) is 19.1. The van der Waals surface area contributed by atoms with Crippen LogP contribution in [0.25, 0.3) is 0 Å². The molecule has 28 heavy (non-hydrogen) atoms. The van der Waals surface area contributed by atoms with E-state index in [2.05, 4.69) is 16.0 Å². The lowest BCUT2D eigenvalue weighted by molar-refractivity contribution is -0.123. The average Bonchev–Trinajstić information content (AvgIpc) is 2.65. The summed E-state index contributed by atoms with van der Waals surface area (Å²) in [6.45, 7) is 1.87. The van der Waals surface area contributed by atoms with Crippen molar-refractivity contribution in [3.05, 3.63) is 64.2 Å². The molecule has 0 bridgehead atoms. The van der Waals surface area contributed by atoms with Crippen LogP contribution in [-0.4, -0.2) is 24.5 Å². The second kappa shape index (κ2) is 8.56. The van der Waals surface area contributed by atoms with Gasteiger partial charge in [0.05, 0.1) is 6.04 Å². The molecule has 0 aromatic heterocycles. The first-order valence-electron chi connectivity index (χ1n) is 8.95. The zero-order valence-electron chi connectivity index (χ0n) is 15.2. The Morgan fingerprint density at radius 2 is 1.86 bits per heavy atom. The molecule has 0 radical (unpaired) electrons. The molecule has 1 aliphatic heterocycles. The van der Waals surface area contributed by atoms with Gasteiger partial charge in [0.15, 0.2) is 0 Å². The number of amides is 3. The minimum absolute atomic E-state index is 0.0753. The number of carbonyl (C=O) groups excluding carboxylic acids is 2. The molecule has 2 atom stereocenters. The van der Waals surface area contributed by atoms with Crippen LogP contribution in [0.3, 0.4) is 0 Å². The molecule has 0 unspecified atom stereocenters. The molecule has 2 aromatic carbocycles. The SMILES string of the molecule is CCc1cc(F)c([C@@H]2CC(=O)NC[C@H]2NC(=O)Nc2ccc(Cl)cc2)c(F)c1. The van der Waals surface area contributed by atoms with E-state index in [-0.39, 0.29) is 24.4 Å². The number of piperidine rings is 1. The van der Waals surface area contributed by atoms with Gasteiger partial charge in [0.1, 0.15) is 11.6 Å². The predicted octanol–water partition coefficient (Wildman–Crippen LogP) is 3.97. The monoisotopic (exact) mass is 407 g/mol. The van der Waals surface area contributed by atoms with E-state index >= 15 is 0 Å². The van der Waals surface area contributed by atoms with Crippen LogP contribution in [0.2, 0.25) is 5.02 Å². The summed E-state index contributed by atoms with van der Waals surface area (Å²) in [5, 5.41) is 8.50. The van der Waals surface area contributed by atoms with E-state index in [1.165, 1.54) is 12.1 Å². The summed E-state index contributed by atoms with van der Waals surface area (Å²) < 4.78 is 29.2. The molecular formula is C20H20ClF2N3O2. The maximum atomic E-state index is 14.6. The number of anilines is 1. The smallest absolute Gasteiger partial charge is 0.319 e. The van der Waals surface area contributed by atoms with E-state index in [4.69, 9.17) is 11.6 Å². The maximum Gasteiger partial charge on any atom is 0.319 e. The van der Waals surface area contributed by atoms with Gasteiger partial charge in [-0.15, -0.1) is 0 Å². The zero-order chi connectivity index (χ0) is 20.3. The van der Waals surface area contributed by atoms with Crippen molar-refractivity contribution in [3.63, 3.8) is 0 Å². The fourth-order valence-electron chi connectivity index (χ4n) is 3.30. The van der Waals surface area contributed by atoms with Crippen molar-refractivity contribution in [2.45, 2.75) is 31.7 Å². The lowest BCUT2D eigenvalue weighted by Crippen LogP contribution is -2.53. The zero-order valence-corrected chi connectivity index (χ0v) is 15.9. The first-order valence-corrected chi connectivity index (χ1v) is 9.32. The molecule has 3 N–H and O–H groups in total. The van der Waals surface area contributed by atoms with Crippen LogP contribution in [-0.2, 0) is 11.2 Å². The molecule has 1 saturated heterocycles. The van der Waals surface area contributed by atoms with Gasteiger partial charge in [0, 0.05) is 35.2 Å². The molecular weight excluding hydrogens is 388 g/mol. The Balaban J connectivity index is 1.80. The summed E-state index contributed by atoms with van der Waals surface area (Å²) in [7, 11) is 0. The van der Waals surface area contributed by atoms with Crippen molar-refractivity contribution in [2.75, 3.05) is 11.9 Å². The summed E-state index contributed by atoms with van der Waals surface area (Å²) >= 11 is 5.82. The molecule has 0 spiro atoms. The molecule has 0 saturated carbocycles. The van der Waals surface area contributed by atoms with Gasteiger partial charge >= 0.3 is 6.03 Å². The first-order chi connectivity index (χ1) is 13.4. The molecule has 1 fully saturated rings. The molecule has 8 heteroatoms. The first kappa shape index (κ1) is 20.1. The highest BCUT2D eigenvalue weighted by Crippen LogP contribution is 2.31. The highest BCUT2D eigenvalue weighted by Gasteiger charge is 2.35. The third-order valence-electron chi connectivity index (χ3n) is 4.75. The predicted molar refractivity (Wildman–Crippen MR) is 103 cm³/mol. The minimum atomic E-state index is -0.810. The van der Waals surface area contributed by atoms with E-state index in [0.717, 1.165) is 0 Å². The van der Waals surface area contributed by atoms with Gasteiger partial charge in [-0.2, -0.15) is 0 Å². The van der Waals surface area contributed by atoms with Crippen molar-refractivity contribution in [3.8, 4) is 0 Å². The van der Waals surface area contributed by atoms with Gasteiger partial charge in [-0.1, -0.05) is 18.5 Å². The molecule has 5 nitrogen and oxygen atoms in total. The number of carbonyl (C=O) groups is 2. The third-order valence-corrected chi connectivity index (χ3v) is 5.00. The Kier molecular flexibility index (Phi) is 6.14. The maximum absolute atomic E-state index is 14.6. The summed E-state index contributed by atoms with van der Waals surface area (Å²) in [4.78, 5) is 24.2. The molecule has 148 valence electrons. The molecule has 1 heterocycles. The number of aryl methyl sites for hydroxylation is 1. The van der Waals surface area contributed by atoms with Crippen molar-refractivity contribution in [1.82, 2.24) is 10.6 Å². The number of rotatable bonds is 4. The molecule has 3 amide bonds. The molecule has 3 rings (SSSR count). The van der Waals surface area contributed by atoms with Crippen molar-refractivity contribution < 1.29 is 18.4 Å². The highest BCUT2D eigenvalue weighted by atomic mass is 35.5. The molecule has 2 aromatic rings. The Morgan fingerprint density at radius 1 is 1.21 bits per heavy atom. The second-order valence-corrected chi connectivity index (χ2v) is 7.09. The minimum Gasteiger partial charge on any atom is -0.354 e. The fraction of sp³-hybridized carbons (Fsp3) is 0.300. The van der Waals surface area contributed by atoms with Crippen LogP contribution in [0.5, 0.6) is 0 Å².